The first-order valence-corrected chi connectivity index (χ1v) is 6.51. The molecular formula is C14H20N2O3. The number of amides is 2. The third kappa shape index (κ3) is 3.67. The quantitative estimate of drug-likeness (QED) is 0.843. The van der Waals surface area contributed by atoms with E-state index in [1.54, 1.807) is 0 Å². The average molecular weight is 264 g/mol. The van der Waals surface area contributed by atoms with Gasteiger partial charge < -0.3 is 9.73 Å². The van der Waals surface area contributed by atoms with Crippen molar-refractivity contribution in [3.8, 4) is 0 Å². The predicted molar refractivity (Wildman–Crippen MR) is 70.1 cm³/mol. The second-order valence-corrected chi connectivity index (χ2v) is 5.85. The molecule has 19 heavy (non-hydrogen) atoms. The van der Waals surface area contributed by atoms with Gasteiger partial charge in [0.15, 0.2) is 0 Å². The maximum absolute atomic E-state index is 11.5. The van der Waals surface area contributed by atoms with Crippen molar-refractivity contribution in [1.29, 1.82) is 0 Å². The molecule has 0 aliphatic carbocycles. The minimum atomic E-state index is -0.115. The van der Waals surface area contributed by atoms with Crippen molar-refractivity contribution in [2.45, 2.75) is 52.2 Å². The Morgan fingerprint density at radius 3 is 2.32 bits per heavy atom. The van der Waals surface area contributed by atoms with E-state index in [0.717, 1.165) is 5.76 Å². The van der Waals surface area contributed by atoms with Crippen LogP contribution in [0.4, 0.5) is 0 Å². The smallest absolute Gasteiger partial charge is 0.230 e. The van der Waals surface area contributed by atoms with Gasteiger partial charge in [-0.3, -0.25) is 14.5 Å². The third-order valence-corrected chi connectivity index (χ3v) is 2.98. The first-order valence-electron chi connectivity index (χ1n) is 6.51. The van der Waals surface area contributed by atoms with E-state index in [-0.39, 0.29) is 23.9 Å². The van der Waals surface area contributed by atoms with Crippen LogP contribution in [0.1, 0.15) is 45.1 Å². The zero-order chi connectivity index (χ0) is 14.0. The van der Waals surface area contributed by atoms with Crippen LogP contribution in [0.2, 0.25) is 0 Å². The molecule has 1 aromatic heterocycles. The van der Waals surface area contributed by atoms with Crippen LogP contribution >= 0.6 is 0 Å². The van der Waals surface area contributed by atoms with Gasteiger partial charge in [-0.05, 0) is 32.9 Å². The van der Waals surface area contributed by atoms with Crippen molar-refractivity contribution in [1.82, 2.24) is 10.2 Å². The number of likely N-dealkylation sites (tertiary alicyclic amines) is 1. The summed E-state index contributed by atoms with van der Waals surface area (Å²) in [6.45, 7) is 7.12. The summed E-state index contributed by atoms with van der Waals surface area (Å²) in [5.41, 5.74) is 0.0217. The molecule has 1 N–H and O–H groups in total. The molecule has 1 fully saturated rings. The minimum Gasteiger partial charge on any atom is -0.463 e. The number of nitrogens with zero attached hydrogens (tertiary/aromatic N) is 1. The van der Waals surface area contributed by atoms with Crippen molar-refractivity contribution in [2.24, 2.45) is 0 Å². The number of nitrogens with one attached hydrogen (secondary N) is 1. The molecule has 5 heteroatoms. The first-order chi connectivity index (χ1) is 8.85. The molecule has 0 aromatic carbocycles. The van der Waals surface area contributed by atoms with Gasteiger partial charge in [-0.25, -0.2) is 0 Å². The summed E-state index contributed by atoms with van der Waals surface area (Å²) in [6.07, 6.45) is 0.635. The highest BCUT2D eigenvalue weighted by Gasteiger charge is 2.29. The maximum atomic E-state index is 11.5. The van der Waals surface area contributed by atoms with Gasteiger partial charge in [0, 0.05) is 18.4 Å². The van der Waals surface area contributed by atoms with Gasteiger partial charge in [-0.2, -0.15) is 0 Å². The lowest BCUT2D eigenvalue weighted by molar-refractivity contribution is -0.139. The molecular weight excluding hydrogens is 244 g/mol. The molecule has 0 unspecified atom stereocenters. The van der Waals surface area contributed by atoms with Crippen LogP contribution in [0.5, 0.6) is 0 Å². The minimum absolute atomic E-state index is 0.0217. The number of hydrogen-bond acceptors (Lipinski definition) is 4. The normalized spacial score (nSPS) is 16.5. The summed E-state index contributed by atoms with van der Waals surface area (Å²) in [5.74, 6) is 1.23. The van der Waals surface area contributed by atoms with Crippen molar-refractivity contribution in [3.63, 3.8) is 0 Å². The van der Waals surface area contributed by atoms with E-state index in [0.29, 0.717) is 25.1 Å². The summed E-state index contributed by atoms with van der Waals surface area (Å²) >= 11 is 0. The van der Waals surface area contributed by atoms with Gasteiger partial charge in [0.2, 0.25) is 11.8 Å². The first kappa shape index (κ1) is 13.8. The molecule has 0 atom stereocenters. The molecule has 5 nitrogen and oxygen atoms in total. The molecule has 1 aromatic rings. The van der Waals surface area contributed by atoms with E-state index < -0.39 is 0 Å². The summed E-state index contributed by atoms with van der Waals surface area (Å²) < 4.78 is 5.63. The molecule has 2 rings (SSSR count). The Morgan fingerprint density at radius 2 is 1.74 bits per heavy atom. The van der Waals surface area contributed by atoms with E-state index in [9.17, 15) is 9.59 Å². The van der Waals surface area contributed by atoms with Crippen LogP contribution in [-0.4, -0.2) is 22.3 Å². The van der Waals surface area contributed by atoms with Gasteiger partial charge in [0.25, 0.3) is 0 Å². The van der Waals surface area contributed by atoms with Crippen LogP contribution in [0.15, 0.2) is 16.5 Å². The third-order valence-electron chi connectivity index (χ3n) is 2.98. The lowest BCUT2D eigenvalue weighted by atomic mass is 10.1. The van der Waals surface area contributed by atoms with Crippen molar-refractivity contribution in [2.75, 3.05) is 0 Å². The lowest BCUT2D eigenvalue weighted by Gasteiger charge is -2.19. The molecule has 2 amide bonds. The van der Waals surface area contributed by atoms with E-state index in [4.69, 9.17) is 4.42 Å². The van der Waals surface area contributed by atoms with E-state index in [2.05, 4.69) is 26.1 Å². The highest BCUT2D eigenvalue weighted by Crippen LogP contribution is 2.17. The second kappa shape index (κ2) is 5.17. The van der Waals surface area contributed by atoms with Gasteiger partial charge in [0.05, 0.1) is 13.1 Å². The fourth-order valence-electron chi connectivity index (χ4n) is 1.91. The van der Waals surface area contributed by atoms with Crippen LogP contribution < -0.4 is 5.32 Å². The second-order valence-electron chi connectivity index (χ2n) is 5.85. The Kier molecular flexibility index (Phi) is 3.75. The number of rotatable bonds is 4. The predicted octanol–water partition coefficient (Wildman–Crippen LogP) is 1.82. The monoisotopic (exact) mass is 264 g/mol. The Bertz CT molecular complexity index is 469. The van der Waals surface area contributed by atoms with Crippen LogP contribution in [0.25, 0.3) is 0 Å². The highest BCUT2D eigenvalue weighted by atomic mass is 16.3. The molecule has 0 spiro atoms. The summed E-state index contributed by atoms with van der Waals surface area (Å²) in [5, 5.41) is 3.32. The summed E-state index contributed by atoms with van der Waals surface area (Å²) in [7, 11) is 0. The number of hydrogen-bond donors (Lipinski definition) is 1. The van der Waals surface area contributed by atoms with Crippen LogP contribution in [0.3, 0.4) is 0 Å². The topological polar surface area (TPSA) is 62.6 Å². The molecule has 1 aliphatic rings. The molecule has 104 valence electrons. The Balaban J connectivity index is 1.94. The van der Waals surface area contributed by atoms with Crippen molar-refractivity contribution >= 4 is 11.8 Å². The summed E-state index contributed by atoms with van der Waals surface area (Å²) in [4.78, 5) is 24.3. The Morgan fingerprint density at radius 1 is 1.16 bits per heavy atom. The lowest BCUT2D eigenvalue weighted by Crippen LogP contribution is -2.34. The number of imide groups is 1. The molecule has 0 bridgehead atoms. The molecule has 1 saturated heterocycles. The van der Waals surface area contributed by atoms with Gasteiger partial charge >= 0.3 is 0 Å². The zero-order valence-corrected chi connectivity index (χ0v) is 11.7. The number of carbonyl (C=O) groups excluding carboxylic acids is 2. The fraction of sp³-hybridized carbons (Fsp3) is 0.571. The van der Waals surface area contributed by atoms with Gasteiger partial charge in [-0.15, -0.1) is 0 Å². The average Bonchev–Trinajstić information content (AvgIpc) is 2.88. The van der Waals surface area contributed by atoms with Gasteiger partial charge in [-0.1, -0.05) is 0 Å². The number of carbonyl (C=O) groups is 2. The van der Waals surface area contributed by atoms with E-state index >= 15 is 0 Å². The number of furan rings is 1. The SMILES string of the molecule is CC(C)(C)NCc1ccc(CN2C(=O)CCC2=O)o1. The zero-order valence-electron chi connectivity index (χ0n) is 11.7. The highest BCUT2D eigenvalue weighted by molar-refractivity contribution is 6.01. The van der Waals surface area contributed by atoms with Gasteiger partial charge in [0.1, 0.15) is 11.5 Å². The fourth-order valence-corrected chi connectivity index (χ4v) is 1.91. The largest absolute Gasteiger partial charge is 0.463 e. The van der Waals surface area contributed by atoms with E-state index in [1.807, 2.05) is 12.1 Å². The molecule has 0 saturated carbocycles. The van der Waals surface area contributed by atoms with Crippen LogP contribution in [0, 0.1) is 0 Å². The van der Waals surface area contributed by atoms with Crippen LogP contribution in [-0.2, 0) is 22.7 Å². The van der Waals surface area contributed by atoms with E-state index in [1.165, 1.54) is 4.90 Å². The Labute approximate surface area is 113 Å². The Hall–Kier alpha value is -1.62. The summed E-state index contributed by atoms with van der Waals surface area (Å²) in [6, 6.07) is 3.69. The standard InChI is InChI=1S/C14H20N2O3/c1-14(2,3)15-8-10-4-5-11(19-10)9-16-12(17)6-7-13(16)18/h4-5,15H,6-9H2,1-3H3. The maximum Gasteiger partial charge on any atom is 0.230 e. The van der Waals surface area contributed by atoms with Crippen molar-refractivity contribution in [3.05, 3.63) is 23.7 Å². The molecule has 0 radical (unpaired) electrons. The molecule has 1 aliphatic heterocycles. The van der Waals surface area contributed by atoms with Crippen molar-refractivity contribution < 1.29 is 14.0 Å². The molecule has 2 heterocycles.